The number of carbonyl (C=O) groups is 5. The molecule has 0 spiro atoms. The molecule has 304 valence electrons. The molecule has 12 heteroatoms. The summed E-state index contributed by atoms with van der Waals surface area (Å²) in [6.45, 7) is 11.0. The number of aliphatic hydroxyl groups excluding tert-OH is 1. The second-order valence-corrected chi connectivity index (χ2v) is 15.3. The summed E-state index contributed by atoms with van der Waals surface area (Å²) in [4.78, 5) is 66.7. The highest BCUT2D eigenvalue weighted by Crippen LogP contribution is 2.23. The maximum Gasteiger partial charge on any atom is 0.326 e. The molecule has 3 rings (SSSR count). The van der Waals surface area contributed by atoms with E-state index in [0.29, 0.717) is 18.6 Å². The van der Waals surface area contributed by atoms with Crippen molar-refractivity contribution in [3.05, 3.63) is 102 Å². The van der Waals surface area contributed by atoms with Gasteiger partial charge in [0, 0.05) is 18.8 Å². The second kappa shape index (κ2) is 23.0. The predicted molar refractivity (Wildman–Crippen MR) is 215 cm³/mol. The minimum absolute atomic E-state index is 0.0254. The van der Waals surface area contributed by atoms with E-state index in [1.807, 2.05) is 84.0 Å². The fraction of sp³-hybridized carbons (Fsp3) is 0.477. The summed E-state index contributed by atoms with van der Waals surface area (Å²) >= 11 is 0. The van der Waals surface area contributed by atoms with Crippen LogP contribution < -0.4 is 26.0 Å². The topological polar surface area (TPSA) is 183 Å². The number of carboxylic acid groups (broad SMARTS) is 1. The standard InChI is InChI=1S/C44H60N4O8/c1-7-30(6)40(43(53)47-37(44(54)55)25-32-19-13-9-14-20-32)48-41(51)34(29(4)5)26-38(49)35(23-28(2)3)46-42(52)36(24-31-17-11-8-12-18-31)45-39(50)27-56-33-21-15-10-16-22-33/h8-22,28-30,34-38,40,49H,7,23-27H2,1-6H3,(H,45,50)(H,46,52)(H,47,53)(H,48,51)(H,54,55)/t30?,34-,35+,36+,37+,38+,40+/m1/s1. The molecule has 0 aromatic heterocycles. The number of ether oxygens (including phenoxy) is 1. The van der Waals surface area contributed by atoms with E-state index in [1.165, 1.54) is 0 Å². The van der Waals surface area contributed by atoms with Gasteiger partial charge in [0.25, 0.3) is 5.91 Å². The van der Waals surface area contributed by atoms with E-state index in [2.05, 4.69) is 21.3 Å². The average Bonchev–Trinajstić information content (AvgIpc) is 3.17. The zero-order valence-corrected chi connectivity index (χ0v) is 33.4. The minimum atomic E-state index is -1.21. The fourth-order valence-corrected chi connectivity index (χ4v) is 6.44. The first kappa shape index (κ1) is 45.2. The molecule has 3 aromatic rings. The van der Waals surface area contributed by atoms with Gasteiger partial charge in [-0.25, -0.2) is 4.79 Å². The van der Waals surface area contributed by atoms with Crippen LogP contribution in [0.5, 0.6) is 5.75 Å². The molecule has 56 heavy (non-hydrogen) atoms. The molecule has 0 fully saturated rings. The molecule has 1 unspecified atom stereocenters. The van der Waals surface area contributed by atoms with Crippen molar-refractivity contribution in [1.29, 1.82) is 0 Å². The number of amides is 4. The summed E-state index contributed by atoms with van der Waals surface area (Å²) in [5.74, 6) is -4.02. The van der Waals surface area contributed by atoms with Crippen molar-refractivity contribution in [1.82, 2.24) is 21.3 Å². The van der Waals surface area contributed by atoms with Gasteiger partial charge in [0.15, 0.2) is 6.61 Å². The van der Waals surface area contributed by atoms with Crippen LogP contribution in [0, 0.1) is 23.7 Å². The lowest BCUT2D eigenvalue weighted by atomic mass is 9.85. The summed E-state index contributed by atoms with van der Waals surface area (Å²) < 4.78 is 5.60. The van der Waals surface area contributed by atoms with Gasteiger partial charge < -0.3 is 36.2 Å². The highest BCUT2D eigenvalue weighted by molar-refractivity contribution is 5.91. The van der Waals surface area contributed by atoms with Crippen LogP contribution in [0.15, 0.2) is 91.0 Å². The molecule has 7 atom stereocenters. The number of hydrogen-bond donors (Lipinski definition) is 6. The van der Waals surface area contributed by atoms with Crippen molar-refractivity contribution >= 4 is 29.6 Å². The van der Waals surface area contributed by atoms with Gasteiger partial charge in [-0.1, -0.05) is 127 Å². The fourth-order valence-electron chi connectivity index (χ4n) is 6.44. The average molecular weight is 773 g/mol. The number of hydrogen-bond acceptors (Lipinski definition) is 7. The Hall–Kier alpha value is -5.23. The Bertz CT molecular complexity index is 1670. The zero-order chi connectivity index (χ0) is 41.2. The summed E-state index contributed by atoms with van der Waals surface area (Å²) in [5, 5.41) is 32.9. The number of aliphatic hydroxyl groups is 1. The number of rotatable bonds is 23. The SMILES string of the molecule is CCC(C)[C@H](NC(=O)[C@H](C[C@H](O)[C@H](CC(C)C)NC(=O)[C@H](Cc1ccccc1)NC(=O)COc1ccccc1)C(C)C)C(=O)N[C@@H](Cc1ccccc1)C(=O)O. The maximum atomic E-state index is 14.0. The van der Waals surface area contributed by atoms with Gasteiger partial charge in [0.05, 0.1) is 12.1 Å². The Morgan fingerprint density at radius 1 is 0.643 bits per heavy atom. The van der Waals surface area contributed by atoms with E-state index in [4.69, 9.17) is 4.74 Å². The number of aliphatic carboxylic acids is 1. The Kier molecular flexibility index (Phi) is 18.5. The van der Waals surface area contributed by atoms with Crippen molar-refractivity contribution in [3.63, 3.8) is 0 Å². The van der Waals surface area contributed by atoms with Gasteiger partial charge >= 0.3 is 5.97 Å². The molecule has 0 aliphatic heterocycles. The molecule has 6 N–H and O–H groups in total. The zero-order valence-electron chi connectivity index (χ0n) is 33.4. The Labute approximate surface area is 331 Å². The first-order valence-corrected chi connectivity index (χ1v) is 19.5. The van der Waals surface area contributed by atoms with Crippen molar-refractivity contribution in [2.45, 2.75) is 104 Å². The summed E-state index contributed by atoms with van der Waals surface area (Å²) in [6, 6.07) is 23.1. The summed E-state index contributed by atoms with van der Waals surface area (Å²) in [5.41, 5.74) is 1.57. The molecule has 0 heterocycles. The molecule has 0 aliphatic carbocycles. The minimum Gasteiger partial charge on any atom is -0.484 e. The summed E-state index contributed by atoms with van der Waals surface area (Å²) in [6.07, 6.45) is 0.00134. The molecule has 0 saturated carbocycles. The molecule has 0 saturated heterocycles. The van der Waals surface area contributed by atoms with Crippen LogP contribution in [0.2, 0.25) is 0 Å². The third-order valence-corrected chi connectivity index (χ3v) is 9.89. The van der Waals surface area contributed by atoms with Gasteiger partial charge in [0.2, 0.25) is 17.7 Å². The lowest BCUT2D eigenvalue weighted by Crippen LogP contribution is -2.56. The lowest BCUT2D eigenvalue weighted by Gasteiger charge is -2.32. The highest BCUT2D eigenvalue weighted by atomic mass is 16.5. The van der Waals surface area contributed by atoms with Crippen LogP contribution in [0.3, 0.4) is 0 Å². The van der Waals surface area contributed by atoms with E-state index < -0.39 is 65.8 Å². The molecular weight excluding hydrogens is 713 g/mol. The monoisotopic (exact) mass is 772 g/mol. The maximum absolute atomic E-state index is 14.0. The number of benzene rings is 3. The first-order valence-electron chi connectivity index (χ1n) is 19.5. The molecule has 3 aromatic carbocycles. The molecule has 0 aliphatic rings. The van der Waals surface area contributed by atoms with Crippen LogP contribution in [0.4, 0.5) is 0 Å². The van der Waals surface area contributed by atoms with Gasteiger partial charge in [-0.05, 0) is 53.9 Å². The van der Waals surface area contributed by atoms with Crippen LogP contribution >= 0.6 is 0 Å². The molecule has 12 nitrogen and oxygen atoms in total. The van der Waals surface area contributed by atoms with Gasteiger partial charge in [-0.15, -0.1) is 0 Å². The van der Waals surface area contributed by atoms with Crippen LogP contribution in [0.1, 0.15) is 71.9 Å². The summed E-state index contributed by atoms with van der Waals surface area (Å²) in [7, 11) is 0. The third kappa shape index (κ3) is 15.1. The van der Waals surface area contributed by atoms with E-state index in [-0.39, 0.29) is 43.6 Å². The molecular formula is C44H60N4O8. The van der Waals surface area contributed by atoms with Crippen LogP contribution in [0.25, 0.3) is 0 Å². The Morgan fingerprint density at radius 2 is 1.18 bits per heavy atom. The predicted octanol–water partition coefficient (Wildman–Crippen LogP) is 4.69. The quantitative estimate of drug-likeness (QED) is 0.0803. The molecule has 4 amide bonds. The Balaban J connectivity index is 1.76. The van der Waals surface area contributed by atoms with Crippen molar-refractivity contribution < 1.29 is 38.9 Å². The van der Waals surface area contributed by atoms with Crippen LogP contribution in [-0.2, 0) is 36.8 Å². The van der Waals surface area contributed by atoms with E-state index in [0.717, 1.165) is 11.1 Å². The Morgan fingerprint density at radius 3 is 1.68 bits per heavy atom. The van der Waals surface area contributed by atoms with Crippen molar-refractivity contribution in [2.24, 2.45) is 23.7 Å². The highest BCUT2D eigenvalue weighted by Gasteiger charge is 2.36. The number of nitrogens with one attached hydrogen (secondary N) is 4. The van der Waals surface area contributed by atoms with Gasteiger partial charge in [-0.3, -0.25) is 19.2 Å². The normalized spacial score (nSPS) is 15.0. The van der Waals surface area contributed by atoms with E-state index in [9.17, 15) is 34.2 Å². The van der Waals surface area contributed by atoms with Gasteiger partial charge in [-0.2, -0.15) is 0 Å². The van der Waals surface area contributed by atoms with Crippen molar-refractivity contribution in [3.8, 4) is 5.75 Å². The number of carbonyl (C=O) groups excluding carboxylic acids is 4. The number of para-hydroxylation sites is 1. The van der Waals surface area contributed by atoms with Crippen LogP contribution in [-0.4, -0.2) is 76.7 Å². The largest absolute Gasteiger partial charge is 0.484 e. The lowest BCUT2D eigenvalue weighted by molar-refractivity contribution is -0.142. The first-order chi connectivity index (χ1) is 26.7. The molecule has 0 bridgehead atoms. The van der Waals surface area contributed by atoms with Crippen molar-refractivity contribution in [2.75, 3.05) is 6.61 Å². The second-order valence-electron chi connectivity index (χ2n) is 15.3. The van der Waals surface area contributed by atoms with Gasteiger partial charge in [0.1, 0.15) is 23.9 Å². The van der Waals surface area contributed by atoms with E-state index in [1.54, 1.807) is 48.5 Å². The smallest absolute Gasteiger partial charge is 0.326 e. The molecule has 0 radical (unpaired) electrons. The number of carboxylic acids is 1. The third-order valence-electron chi connectivity index (χ3n) is 9.89. The van der Waals surface area contributed by atoms with E-state index >= 15 is 0 Å².